The maximum Gasteiger partial charge on any atom is 0.124 e. The lowest BCUT2D eigenvalue weighted by atomic mass is 10.2. The summed E-state index contributed by atoms with van der Waals surface area (Å²) in [6.07, 6.45) is 0. The summed E-state index contributed by atoms with van der Waals surface area (Å²) in [5, 5.41) is 2.07. The summed E-state index contributed by atoms with van der Waals surface area (Å²) in [5.74, 6) is -0.195. The second-order valence-electron chi connectivity index (χ2n) is 4.03. The smallest absolute Gasteiger partial charge is 0.124 e. The van der Waals surface area contributed by atoms with Crippen molar-refractivity contribution in [1.29, 1.82) is 0 Å². The Hall–Kier alpha value is -0.710. The van der Waals surface area contributed by atoms with E-state index in [1.54, 1.807) is 17.4 Å². The zero-order valence-corrected chi connectivity index (χ0v) is 11.9. The molecular weight excluding hydrogens is 301 g/mol. The fourth-order valence-electron chi connectivity index (χ4n) is 1.74. The molecule has 0 fully saturated rings. The highest BCUT2D eigenvalue weighted by Crippen LogP contribution is 2.17. The van der Waals surface area contributed by atoms with Crippen molar-refractivity contribution in [3.63, 3.8) is 0 Å². The van der Waals surface area contributed by atoms with Crippen LogP contribution in [-0.2, 0) is 13.1 Å². The van der Waals surface area contributed by atoms with E-state index in [-0.39, 0.29) is 5.82 Å². The average Bonchev–Trinajstić information content (AvgIpc) is 2.67. The van der Waals surface area contributed by atoms with Crippen molar-refractivity contribution < 1.29 is 4.39 Å². The third-order valence-electron chi connectivity index (χ3n) is 2.38. The fourth-order valence-corrected chi connectivity index (χ4v) is 3.04. The largest absolute Gasteiger partial charge is 0.297 e. The van der Waals surface area contributed by atoms with Crippen LogP contribution in [0.2, 0.25) is 0 Å². The van der Waals surface area contributed by atoms with Gasteiger partial charge in [-0.1, -0.05) is 22.0 Å². The van der Waals surface area contributed by atoms with Crippen molar-refractivity contribution in [3.05, 3.63) is 56.4 Å². The van der Waals surface area contributed by atoms with Crippen molar-refractivity contribution in [2.45, 2.75) is 13.1 Å². The third kappa shape index (κ3) is 3.91. The van der Waals surface area contributed by atoms with Gasteiger partial charge in [0.1, 0.15) is 5.82 Å². The molecule has 0 saturated carbocycles. The summed E-state index contributed by atoms with van der Waals surface area (Å²) in [4.78, 5) is 3.50. The second kappa shape index (κ2) is 5.76. The molecule has 0 amide bonds. The first-order valence-electron chi connectivity index (χ1n) is 5.29. The van der Waals surface area contributed by atoms with E-state index >= 15 is 0 Å². The lowest BCUT2D eigenvalue weighted by Gasteiger charge is -2.15. The molecule has 2 aromatic rings. The molecule has 0 aliphatic carbocycles. The van der Waals surface area contributed by atoms with Crippen LogP contribution < -0.4 is 0 Å². The zero-order chi connectivity index (χ0) is 12.3. The minimum atomic E-state index is -0.195. The van der Waals surface area contributed by atoms with E-state index in [0.29, 0.717) is 0 Å². The Morgan fingerprint density at radius 2 is 2.12 bits per heavy atom. The molecule has 1 nitrogen and oxygen atoms in total. The average molecular weight is 314 g/mol. The molecule has 2 rings (SSSR count). The van der Waals surface area contributed by atoms with Crippen molar-refractivity contribution in [1.82, 2.24) is 4.90 Å². The Kier molecular flexibility index (Phi) is 4.31. The van der Waals surface area contributed by atoms with E-state index in [9.17, 15) is 4.39 Å². The maximum atomic E-state index is 13.2. The highest BCUT2D eigenvalue weighted by atomic mass is 79.9. The Morgan fingerprint density at radius 3 is 2.76 bits per heavy atom. The molecule has 0 aliphatic heterocycles. The molecule has 17 heavy (non-hydrogen) atoms. The quantitative estimate of drug-likeness (QED) is 0.814. The number of hydrogen-bond acceptors (Lipinski definition) is 2. The summed E-state index contributed by atoms with van der Waals surface area (Å²) >= 11 is 5.05. The number of hydrogen-bond donors (Lipinski definition) is 0. The lowest BCUT2D eigenvalue weighted by molar-refractivity contribution is 0.321. The van der Waals surface area contributed by atoms with Gasteiger partial charge < -0.3 is 0 Å². The molecule has 0 bridgehead atoms. The molecule has 1 aromatic carbocycles. The zero-order valence-electron chi connectivity index (χ0n) is 9.49. The van der Waals surface area contributed by atoms with Gasteiger partial charge in [-0.2, -0.15) is 0 Å². The molecule has 0 radical (unpaired) electrons. The number of halogens is 2. The number of rotatable bonds is 4. The van der Waals surface area contributed by atoms with Crippen molar-refractivity contribution >= 4 is 27.3 Å². The third-order valence-corrected chi connectivity index (χ3v) is 3.70. The van der Waals surface area contributed by atoms with Crippen LogP contribution in [0.15, 0.2) is 40.2 Å². The summed E-state index contributed by atoms with van der Waals surface area (Å²) in [7, 11) is 2.04. The lowest BCUT2D eigenvalue weighted by Crippen LogP contribution is -2.16. The number of nitrogens with zero attached hydrogens (tertiary/aromatic N) is 1. The van der Waals surface area contributed by atoms with E-state index in [0.717, 1.165) is 23.1 Å². The van der Waals surface area contributed by atoms with Crippen LogP contribution in [0, 0.1) is 5.82 Å². The molecule has 0 aliphatic rings. The van der Waals surface area contributed by atoms with Gasteiger partial charge in [-0.15, -0.1) is 11.3 Å². The van der Waals surface area contributed by atoms with Crippen LogP contribution in [0.1, 0.15) is 10.4 Å². The van der Waals surface area contributed by atoms with Crippen LogP contribution >= 0.6 is 27.3 Å². The molecule has 1 heterocycles. The van der Waals surface area contributed by atoms with E-state index < -0.39 is 0 Å². The molecule has 0 saturated heterocycles. The molecule has 0 unspecified atom stereocenters. The van der Waals surface area contributed by atoms with Crippen LogP contribution in [0.3, 0.4) is 0 Å². The molecule has 4 heteroatoms. The summed E-state index contributed by atoms with van der Waals surface area (Å²) < 4.78 is 14.0. The molecule has 0 atom stereocenters. The normalized spacial score (nSPS) is 11.1. The maximum absolute atomic E-state index is 13.2. The Bertz CT molecular complexity index is 464. The van der Waals surface area contributed by atoms with Gasteiger partial charge in [0, 0.05) is 22.4 Å². The van der Waals surface area contributed by atoms with Gasteiger partial charge in [0.2, 0.25) is 0 Å². The van der Waals surface area contributed by atoms with E-state index in [4.69, 9.17) is 0 Å². The first-order valence-corrected chi connectivity index (χ1v) is 6.96. The van der Waals surface area contributed by atoms with E-state index in [1.165, 1.54) is 10.9 Å². The Balaban J connectivity index is 2.00. The molecule has 1 aromatic heterocycles. The van der Waals surface area contributed by atoms with E-state index in [1.807, 2.05) is 19.2 Å². The summed E-state index contributed by atoms with van der Waals surface area (Å²) in [5.41, 5.74) is 0.982. The predicted octanol–water partition coefficient (Wildman–Crippen LogP) is 4.28. The Morgan fingerprint density at radius 1 is 1.29 bits per heavy atom. The minimum absolute atomic E-state index is 0.195. The van der Waals surface area contributed by atoms with Crippen LogP contribution in [0.4, 0.5) is 4.39 Å². The first-order chi connectivity index (χ1) is 8.13. The monoisotopic (exact) mass is 313 g/mol. The Labute approximate surface area is 113 Å². The minimum Gasteiger partial charge on any atom is -0.297 e. The van der Waals surface area contributed by atoms with Crippen LogP contribution in [-0.4, -0.2) is 11.9 Å². The number of benzene rings is 1. The van der Waals surface area contributed by atoms with Crippen molar-refractivity contribution in [3.8, 4) is 0 Å². The van der Waals surface area contributed by atoms with Gasteiger partial charge in [-0.05, 0) is 42.3 Å². The topological polar surface area (TPSA) is 3.24 Å². The highest BCUT2D eigenvalue weighted by Gasteiger charge is 2.04. The van der Waals surface area contributed by atoms with Gasteiger partial charge in [-0.3, -0.25) is 4.90 Å². The van der Waals surface area contributed by atoms with E-state index in [2.05, 4.69) is 32.3 Å². The van der Waals surface area contributed by atoms with Gasteiger partial charge in [-0.25, -0.2) is 4.39 Å². The molecule has 0 N–H and O–H groups in total. The van der Waals surface area contributed by atoms with Crippen LogP contribution in [0.5, 0.6) is 0 Å². The van der Waals surface area contributed by atoms with Gasteiger partial charge in [0.15, 0.2) is 0 Å². The number of thiophene rings is 1. The van der Waals surface area contributed by atoms with Gasteiger partial charge >= 0.3 is 0 Å². The second-order valence-corrected chi connectivity index (χ2v) is 5.98. The van der Waals surface area contributed by atoms with Gasteiger partial charge in [0.25, 0.3) is 0 Å². The molecule has 0 spiro atoms. The molecular formula is C13H13BrFNS. The van der Waals surface area contributed by atoms with Gasteiger partial charge in [0.05, 0.1) is 0 Å². The van der Waals surface area contributed by atoms with Crippen LogP contribution in [0.25, 0.3) is 0 Å². The first kappa shape index (κ1) is 12.7. The van der Waals surface area contributed by atoms with Crippen molar-refractivity contribution in [2.75, 3.05) is 7.05 Å². The SMILES string of the molecule is CN(Cc1cc(F)cc(Br)c1)Cc1cccs1. The summed E-state index contributed by atoms with van der Waals surface area (Å²) in [6, 6.07) is 9.17. The van der Waals surface area contributed by atoms with Crippen molar-refractivity contribution in [2.24, 2.45) is 0 Å². The standard InChI is InChI=1S/C13H13BrFNS/c1-16(9-13-3-2-4-17-13)8-10-5-11(14)7-12(15)6-10/h2-7H,8-9H2,1H3. The highest BCUT2D eigenvalue weighted by molar-refractivity contribution is 9.10. The summed E-state index contributed by atoms with van der Waals surface area (Å²) in [6.45, 7) is 1.64. The molecule has 90 valence electrons. The predicted molar refractivity (Wildman–Crippen MR) is 73.6 cm³/mol. The fraction of sp³-hybridized carbons (Fsp3) is 0.231.